The molecule has 3 heterocycles. The Labute approximate surface area is 153 Å². The molecule has 2 aromatic heterocycles. The van der Waals surface area contributed by atoms with E-state index in [-0.39, 0.29) is 17.7 Å². The fraction of sp³-hybridized carbons (Fsp3) is 0.632. The van der Waals surface area contributed by atoms with E-state index in [1.807, 2.05) is 33.8 Å². The molecule has 7 nitrogen and oxygen atoms in total. The van der Waals surface area contributed by atoms with E-state index in [2.05, 4.69) is 17.0 Å². The van der Waals surface area contributed by atoms with Crippen LogP contribution >= 0.6 is 0 Å². The van der Waals surface area contributed by atoms with E-state index in [1.54, 1.807) is 11.8 Å². The van der Waals surface area contributed by atoms with Crippen molar-refractivity contribution in [2.24, 2.45) is 5.92 Å². The van der Waals surface area contributed by atoms with Crippen LogP contribution in [0.15, 0.2) is 10.9 Å². The second-order valence-corrected chi connectivity index (χ2v) is 8.37. The van der Waals surface area contributed by atoms with Crippen LogP contribution in [0.5, 0.6) is 0 Å². The summed E-state index contributed by atoms with van der Waals surface area (Å²) < 4.78 is 6.98. The highest BCUT2D eigenvalue weighted by atomic mass is 16.6. The van der Waals surface area contributed by atoms with Crippen molar-refractivity contribution in [3.63, 3.8) is 0 Å². The number of rotatable bonds is 1. The van der Waals surface area contributed by atoms with Gasteiger partial charge < -0.3 is 9.72 Å². The number of ether oxygens (including phenoxy) is 1. The molecule has 0 unspecified atom stereocenters. The van der Waals surface area contributed by atoms with Crippen LogP contribution in [0, 0.1) is 19.8 Å². The molecule has 0 saturated carbocycles. The Kier molecular flexibility index (Phi) is 4.58. The molecule has 0 spiro atoms. The minimum absolute atomic E-state index is 0.129. The van der Waals surface area contributed by atoms with Crippen LogP contribution < -0.4 is 5.56 Å². The van der Waals surface area contributed by atoms with Gasteiger partial charge >= 0.3 is 6.09 Å². The molecular formula is C19H28N4O3. The molecule has 26 heavy (non-hydrogen) atoms. The molecule has 1 saturated heterocycles. The van der Waals surface area contributed by atoms with E-state index in [1.165, 1.54) is 4.52 Å². The lowest BCUT2D eigenvalue weighted by Crippen LogP contribution is -2.43. The van der Waals surface area contributed by atoms with Gasteiger partial charge in [0.2, 0.25) is 0 Å². The lowest BCUT2D eigenvalue weighted by Gasteiger charge is -2.38. The first kappa shape index (κ1) is 18.5. The van der Waals surface area contributed by atoms with Gasteiger partial charge in [-0.3, -0.25) is 9.69 Å². The number of hydrogen-bond acceptors (Lipinski definition) is 4. The largest absolute Gasteiger partial charge is 0.444 e. The van der Waals surface area contributed by atoms with E-state index in [4.69, 9.17) is 4.74 Å². The number of hydrogen-bond donors (Lipinski definition) is 1. The summed E-state index contributed by atoms with van der Waals surface area (Å²) in [6.07, 6.45) is 1.40. The van der Waals surface area contributed by atoms with Gasteiger partial charge in [-0.25, -0.2) is 4.79 Å². The Morgan fingerprint density at radius 3 is 2.69 bits per heavy atom. The smallest absolute Gasteiger partial charge is 0.410 e. The molecule has 0 aliphatic carbocycles. The fourth-order valence-corrected chi connectivity index (χ4v) is 3.37. The maximum Gasteiger partial charge on any atom is 0.410 e. The normalized spacial score (nSPS) is 21.2. The van der Waals surface area contributed by atoms with Crippen LogP contribution in [-0.4, -0.2) is 37.7 Å². The molecule has 0 radical (unpaired) electrons. The molecule has 7 heteroatoms. The second kappa shape index (κ2) is 6.45. The van der Waals surface area contributed by atoms with Crippen molar-refractivity contribution < 1.29 is 9.53 Å². The zero-order chi connectivity index (χ0) is 19.2. The number of aromatic amines is 1. The topological polar surface area (TPSA) is 79.7 Å². The number of aryl methyl sites for hydroxylation is 1. The number of carbonyl (C=O) groups excluding carboxylic acids is 1. The highest BCUT2D eigenvalue weighted by molar-refractivity contribution is 5.69. The first-order valence-corrected chi connectivity index (χ1v) is 9.15. The number of fused-ring (bicyclic) bond motifs is 1. The summed E-state index contributed by atoms with van der Waals surface area (Å²) in [6.45, 7) is 12.0. The van der Waals surface area contributed by atoms with Crippen molar-refractivity contribution in [3.8, 4) is 0 Å². The van der Waals surface area contributed by atoms with Crippen LogP contribution in [0.4, 0.5) is 4.79 Å². The summed E-state index contributed by atoms with van der Waals surface area (Å²) in [5.41, 5.74) is 2.17. The summed E-state index contributed by atoms with van der Waals surface area (Å²) in [7, 11) is 0. The maximum atomic E-state index is 12.7. The van der Waals surface area contributed by atoms with Gasteiger partial charge in [0.05, 0.1) is 11.7 Å². The highest BCUT2D eigenvalue weighted by Gasteiger charge is 2.35. The quantitative estimate of drug-likeness (QED) is 0.846. The molecule has 2 atom stereocenters. The van der Waals surface area contributed by atoms with Crippen LogP contribution in [0.1, 0.15) is 63.5 Å². The molecule has 3 rings (SSSR count). The maximum absolute atomic E-state index is 12.7. The van der Waals surface area contributed by atoms with Crippen molar-refractivity contribution in [2.45, 2.75) is 66.0 Å². The van der Waals surface area contributed by atoms with E-state index < -0.39 is 5.60 Å². The Morgan fingerprint density at radius 1 is 1.35 bits per heavy atom. The van der Waals surface area contributed by atoms with E-state index >= 15 is 0 Å². The predicted octanol–water partition coefficient (Wildman–Crippen LogP) is 3.35. The lowest BCUT2D eigenvalue weighted by molar-refractivity contribution is 0.00450. The van der Waals surface area contributed by atoms with Gasteiger partial charge in [0.1, 0.15) is 11.2 Å². The average molecular weight is 360 g/mol. The summed E-state index contributed by atoms with van der Waals surface area (Å²) >= 11 is 0. The summed E-state index contributed by atoms with van der Waals surface area (Å²) in [6, 6.07) is 1.68. The van der Waals surface area contributed by atoms with Crippen molar-refractivity contribution in [1.29, 1.82) is 0 Å². The summed E-state index contributed by atoms with van der Waals surface area (Å²) in [5.74, 6) is 0.475. The minimum Gasteiger partial charge on any atom is -0.444 e. The number of likely N-dealkylation sites (tertiary alicyclic amines) is 1. The van der Waals surface area contributed by atoms with Crippen LogP contribution in [0.3, 0.4) is 0 Å². The standard InChI is InChI=1S/C19H28N4O3/c1-11-7-8-22(18(25)26-19(4,5)6)15(9-11)14-10-16-20-13(3)12(2)17(24)23(16)21-14/h10-11,15,20H,7-9H2,1-6H3/t11-,15-/m0/s1. The fourth-order valence-electron chi connectivity index (χ4n) is 3.37. The number of nitrogens with one attached hydrogen (secondary N) is 1. The molecule has 1 N–H and O–H groups in total. The molecule has 1 amide bonds. The predicted molar refractivity (Wildman–Crippen MR) is 99.4 cm³/mol. The van der Waals surface area contributed by atoms with Crippen molar-refractivity contribution in [3.05, 3.63) is 33.4 Å². The molecular weight excluding hydrogens is 332 g/mol. The second-order valence-electron chi connectivity index (χ2n) is 8.37. The zero-order valence-corrected chi connectivity index (χ0v) is 16.4. The Balaban J connectivity index is 2.01. The molecule has 1 aliphatic rings. The lowest BCUT2D eigenvalue weighted by atomic mass is 9.91. The van der Waals surface area contributed by atoms with Gasteiger partial charge in [-0.05, 0) is 53.4 Å². The zero-order valence-electron chi connectivity index (χ0n) is 16.4. The molecule has 1 fully saturated rings. The Morgan fingerprint density at radius 2 is 2.04 bits per heavy atom. The van der Waals surface area contributed by atoms with Gasteiger partial charge in [-0.1, -0.05) is 6.92 Å². The van der Waals surface area contributed by atoms with Gasteiger partial charge in [0.25, 0.3) is 5.56 Å². The Hall–Kier alpha value is -2.31. The van der Waals surface area contributed by atoms with Gasteiger partial charge in [0.15, 0.2) is 0 Å². The molecule has 2 aromatic rings. The average Bonchev–Trinajstić information content (AvgIpc) is 2.95. The molecule has 0 aromatic carbocycles. The number of H-pyrrole nitrogens is 1. The number of aromatic nitrogens is 3. The monoisotopic (exact) mass is 360 g/mol. The van der Waals surface area contributed by atoms with Gasteiger partial charge in [-0.2, -0.15) is 9.61 Å². The van der Waals surface area contributed by atoms with Gasteiger partial charge in [-0.15, -0.1) is 0 Å². The van der Waals surface area contributed by atoms with Crippen molar-refractivity contribution >= 4 is 11.7 Å². The van der Waals surface area contributed by atoms with Crippen LogP contribution in [0.2, 0.25) is 0 Å². The van der Waals surface area contributed by atoms with Gasteiger partial charge in [0, 0.05) is 23.9 Å². The molecule has 0 bridgehead atoms. The number of amides is 1. The third kappa shape index (κ3) is 3.48. The Bertz CT molecular complexity index is 891. The van der Waals surface area contributed by atoms with Crippen LogP contribution in [0.25, 0.3) is 5.65 Å². The molecule has 142 valence electrons. The highest BCUT2D eigenvalue weighted by Crippen LogP contribution is 2.34. The third-order valence-electron chi connectivity index (χ3n) is 4.95. The van der Waals surface area contributed by atoms with Crippen molar-refractivity contribution in [1.82, 2.24) is 19.5 Å². The number of piperidine rings is 1. The minimum atomic E-state index is -0.548. The van der Waals surface area contributed by atoms with E-state index in [0.717, 1.165) is 24.2 Å². The summed E-state index contributed by atoms with van der Waals surface area (Å²) in [5, 5.41) is 4.52. The van der Waals surface area contributed by atoms with E-state index in [9.17, 15) is 9.59 Å². The third-order valence-corrected chi connectivity index (χ3v) is 4.95. The SMILES string of the molecule is Cc1[nH]c2cc([C@@H]3C[C@@H](C)CCN3C(=O)OC(C)(C)C)nn2c(=O)c1C. The van der Waals surface area contributed by atoms with Crippen LogP contribution in [-0.2, 0) is 4.74 Å². The first-order valence-electron chi connectivity index (χ1n) is 9.15. The summed E-state index contributed by atoms with van der Waals surface area (Å²) in [4.78, 5) is 30.1. The number of nitrogens with zero attached hydrogens (tertiary/aromatic N) is 3. The first-order chi connectivity index (χ1) is 12.1. The molecule has 1 aliphatic heterocycles. The van der Waals surface area contributed by atoms with Crippen molar-refractivity contribution in [2.75, 3.05) is 6.54 Å². The number of carbonyl (C=O) groups is 1. The van der Waals surface area contributed by atoms with E-state index in [0.29, 0.717) is 23.7 Å².